The summed E-state index contributed by atoms with van der Waals surface area (Å²) in [6.07, 6.45) is 2.72. The minimum Gasteiger partial charge on any atom is -0.371 e. The summed E-state index contributed by atoms with van der Waals surface area (Å²) in [6.45, 7) is 17.8. The summed E-state index contributed by atoms with van der Waals surface area (Å²) in [7, 11) is 0. The van der Waals surface area contributed by atoms with Crippen LogP contribution in [0.2, 0.25) is 0 Å². The van der Waals surface area contributed by atoms with E-state index in [2.05, 4.69) is 66.7 Å². The molecule has 134 valence electrons. The summed E-state index contributed by atoms with van der Waals surface area (Å²) in [4.78, 5) is 7.93. The number of rotatable bonds is 3. The Morgan fingerprint density at radius 2 is 1.79 bits per heavy atom. The van der Waals surface area contributed by atoms with Crippen LogP contribution in [-0.2, 0) is 0 Å². The first-order valence-corrected chi connectivity index (χ1v) is 9.71. The van der Waals surface area contributed by atoms with Gasteiger partial charge in [0.05, 0.1) is 0 Å². The van der Waals surface area contributed by atoms with E-state index in [0.717, 1.165) is 5.92 Å². The van der Waals surface area contributed by atoms with Gasteiger partial charge in [0.1, 0.15) is 0 Å². The summed E-state index contributed by atoms with van der Waals surface area (Å²) in [5.41, 5.74) is 3.10. The van der Waals surface area contributed by atoms with Crippen LogP contribution in [0.3, 0.4) is 0 Å². The van der Waals surface area contributed by atoms with Crippen LogP contribution >= 0.6 is 0 Å². The highest BCUT2D eigenvalue weighted by atomic mass is 15.3. The third-order valence-corrected chi connectivity index (χ3v) is 5.72. The third kappa shape index (κ3) is 4.52. The third-order valence-electron chi connectivity index (χ3n) is 5.72. The van der Waals surface area contributed by atoms with E-state index in [-0.39, 0.29) is 0 Å². The molecule has 0 aromatic heterocycles. The molecule has 24 heavy (non-hydrogen) atoms. The van der Waals surface area contributed by atoms with Gasteiger partial charge < -0.3 is 9.80 Å². The predicted molar refractivity (Wildman–Crippen MR) is 104 cm³/mol. The molecule has 2 aliphatic rings. The summed E-state index contributed by atoms with van der Waals surface area (Å²) in [6, 6.07) is 9.00. The number of piperazine rings is 1. The lowest BCUT2D eigenvalue weighted by atomic mass is 9.96. The maximum Gasteiger partial charge on any atom is 0.0368 e. The van der Waals surface area contributed by atoms with Gasteiger partial charge in [0.2, 0.25) is 0 Å². The quantitative estimate of drug-likeness (QED) is 0.838. The van der Waals surface area contributed by atoms with E-state index < -0.39 is 0 Å². The average Bonchev–Trinajstić information content (AvgIpc) is 2.55. The predicted octanol–water partition coefficient (Wildman–Crippen LogP) is 3.63. The number of benzene rings is 1. The van der Waals surface area contributed by atoms with Crippen molar-refractivity contribution in [2.75, 3.05) is 50.7 Å². The van der Waals surface area contributed by atoms with Gasteiger partial charge in [-0.3, -0.25) is 4.90 Å². The van der Waals surface area contributed by atoms with Gasteiger partial charge in [-0.25, -0.2) is 0 Å². The molecule has 0 saturated carbocycles. The van der Waals surface area contributed by atoms with Gasteiger partial charge in [0, 0.05) is 57.0 Å². The first-order chi connectivity index (χ1) is 11.4. The minimum absolute atomic E-state index is 0.318. The maximum atomic E-state index is 2.70. The van der Waals surface area contributed by atoms with Gasteiger partial charge in [0.15, 0.2) is 0 Å². The van der Waals surface area contributed by atoms with Crippen LogP contribution in [0.1, 0.15) is 39.2 Å². The van der Waals surface area contributed by atoms with Gasteiger partial charge in [-0.1, -0.05) is 12.1 Å². The van der Waals surface area contributed by atoms with E-state index in [0.29, 0.717) is 5.54 Å². The molecule has 1 aromatic carbocycles. The van der Waals surface area contributed by atoms with Crippen molar-refractivity contribution >= 4 is 5.69 Å². The van der Waals surface area contributed by atoms with Crippen molar-refractivity contribution in [1.82, 2.24) is 9.80 Å². The van der Waals surface area contributed by atoms with E-state index in [1.54, 1.807) is 0 Å². The number of piperidine rings is 1. The molecule has 3 rings (SSSR count). The van der Waals surface area contributed by atoms with Crippen LogP contribution in [0.25, 0.3) is 0 Å². The number of anilines is 1. The summed E-state index contributed by atoms with van der Waals surface area (Å²) >= 11 is 0. The average molecular weight is 330 g/mol. The molecule has 1 aromatic rings. The van der Waals surface area contributed by atoms with E-state index in [4.69, 9.17) is 0 Å². The van der Waals surface area contributed by atoms with E-state index in [1.807, 2.05) is 0 Å². The molecule has 1 atom stereocenters. The fourth-order valence-corrected chi connectivity index (χ4v) is 4.24. The first kappa shape index (κ1) is 17.8. The minimum atomic E-state index is 0.318. The standard InChI is InChI=1S/C21H35N3/c1-18-7-5-9-20(15-18)23-10-6-8-19(17-23)16-22-11-13-24(14-12-22)21(2,3)4/h5,7,9,15,19H,6,8,10-14,16-17H2,1-4H3. The van der Waals surface area contributed by atoms with Crippen molar-refractivity contribution in [2.45, 2.75) is 46.1 Å². The molecule has 0 radical (unpaired) electrons. The van der Waals surface area contributed by atoms with E-state index >= 15 is 0 Å². The van der Waals surface area contributed by atoms with Gasteiger partial charge >= 0.3 is 0 Å². The van der Waals surface area contributed by atoms with Gasteiger partial charge in [-0.05, 0) is 64.2 Å². The molecule has 2 fully saturated rings. The van der Waals surface area contributed by atoms with Crippen molar-refractivity contribution in [3.8, 4) is 0 Å². The van der Waals surface area contributed by atoms with Gasteiger partial charge in [-0.15, -0.1) is 0 Å². The van der Waals surface area contributed by atoms with Crippen LogP contribution in [0.15, 0.2) is 24.3 Å². The molecule has 0 aliphatic carbocycles. The molecule has 3 nitrogen and oxygen atoms in total. The molecule has 0 N–H and O–H groups in total. The second-order valence-electron chi connectivity index (χ2n) is 8.75. The summed E-state index contributed by atoms with van der Waals surface area (Å²) < 4.78 is 0. The summed E-state index contributed by atoms with van der Waals surface area (Å²) in [5.74, 6) is 0.820. The molecular weight excluding hydrogens is 294 g/mol. The van der Waals surface area contributed by atoms with Crippen molar-refractivity contribution in [3.05, 3.63) is 29.8 Å². The zero-order valence-corrected chi connectivity index (χ0v) is 16.1. The molecule has 2 aliphatic heterocycles. The highest BCUT2D eigenvalue weighted by Gasteiger charge is 2.28. The Kier molecular flexibility index (Phi) is 5.51. The molecule has 0 amide bonds. The number of hydrogen-bond acceptors (Lipinski definition) is 3. The molecular formula is C21H35N3. The van der Waals surface area contributed by atoms with Crippen LogP contribution in [0.5, 0.6) is 0 Å². The zero-order valence-electron chi connectivity index (χ0n) is 16.1. The van der Waals surface area contributed by atoms with Crippen molar-refractivity contribution < 1.29 is 0 Å². The van der Waals surface area contributed by atoms with Crippen LogP contribution < -0.4 is 4.90 Å². The Balaban J connectivity index is 1.51. The van der Waals surface area contributed by atoms with Gasteiger partial charge in [0.25, 0.3) is 0 Å². The highest BCUT2D eigenvalue weighted by molar-refractivity contribution is 5.48. The Labute approximate surface area is 148 Å². The number of nitrogens with zero attached hydrogens (tertiary/aromatic N) is 3. The topological polar surface area (TPSA) is 9.72 Å². The maximum absolute atomic E-state index is 2.70. The zero-order chi connectivity index (χ0) is 17.2. The van der Waals surface area contributed by atoms with Gasteiger partial charge in [-0.2, -0.15) is 0 Å². The Hall–Kier alpha value is -1.06. The molecule has 2 heterocycles. The molecule has 0 bridgehead atoms. The fourth-order valence-electron chi connectivity index (χ4n) is 4.24. The molecule has 0 spiro atoms. The highest BCUT2D eigenvalue weighted by Crippen LogP contribution is 2.25. The lowest BCUT2D eigenvalue weighted by Crippen LogP contribution is -2.54. The Bertz CT molecular complexity index is 526. The first-order valence-electron chi connectivity index (χ1n) is 9.71. The number of hydrogen-bond donors (Lipinski definition) is 0. The van der Waals surface area contributed by atoms with Crippen LogP contribution in [0.4, 0.5) is 5.69 Å². The van der Waals surface area contributed by atoms with E-state index in [1.165, 1.54) is 69.9 Å². The lowest BCUT2D eigenvalue weighted by molar-refractivity contribution is 0.0541. The lowest BCUT2D eigenvalue weighted by Gasteiger charge is -2.44. The van der Waals surface area contributed by atoms with Crippen molar-refractivity contribution in [1.29, 1.82) is 0 Å². The second-order valence-corrected chi connectivity index (χ2v) is 8.75. The van der Waals surface area contributed by atoms with Crippen LogP contribution in [0, 0.1) is 12.8 Å². The van der Waals surface area contributed by atoms with E-state index in [9.17, 15) is 0 Å². The Morgan fingerprint density at radius 1 is 1.04 bits per heavy atom. The molecule has 2 saturated heterocycles. The smallest absolute Gasteiger partial charge is 0.0368 e. The number of aryl methyl sites for hydroxylation is 1. The monoisotopic (exact) mass is 329 g/mol. The Morgan fingerprint density at radius 3 is 2.46 bits per heavy atom. The molecule has 1 unspecified atom stereocenters. The normalized spacial score (nSPS) is 24.3. The SMILES string of the molecule is Cc1cccc(N2CCCC(CN3CCN(C(C)(C)C)CC3)C2)c1. The van der Waals surface area contributed by atoms with Crippen LogP contribution in [-0.4, -0.2) is 61.2 Å². The van der Waals surface area contributed by atoms with Crippen molar-refractivity contribution in [3.63, 3.8) is 0 Å². The summed E-state index contributed by atoms with van der Waals surface area (Å²) in [5, 5.41) is 0. The largest absolute Gasteiger partial charge is 0.371 e. The van der Waals surface area contributed by atoms with Crippen molar-refractivity contribution in [2.24, 2.45) is 5.92 Å². The molecule has 3 heteroatoms. The fraction of sp³-hybridized carbons (Fsp3) is 0.714. The second kappa shape index (κ2) is 7.45.